The van der Waals surface area contributed by atoms with Crippen LogP contribution in [-0.2, 0) is 12.8 Å². The number of benzene rings is 1. The lowest BCUT2D eigenvalue weighted by Gasteiger charge is -2.11. The van der Waals surface area contributed by atoms with E-state index in [1.807, 2.05) is 13.8 Å². The third kappa shape index (κ3) is 2.59. The molecule has 1 aromatic heterocycles. The Morgan fingerprint density at radius 3 is 2.60 bits per heavy atom. The Kier molecular flexibility index (Phi) is 4.22. The molecule has 20 heavy (non-hydrogen) atoms. The van der Waals surface area contributed by atoms with Crippen LogP contribution in [0.1, 0.15) is 32.4 Å². The SMILES string of the molecule is CCOc1cc(-n2nc(CC)nc2CC)c(N)cc1F. The van der Waals surface area contributed by atoms with Crippen LogP contribution in [0.5, 0.6) is 5.75 Å². The quantitative estimate of drug-likeness (QED) is 0.853. The van der Waals surface area contributed by atoms with Gasteiger partial charge in [-0.3, -0.25) is 0 Å². The highest BCUT2D eigenvalue weighted by Gasteiger charge is 2.15. The highest BCUT2D eigenvalue weighted by atomic mass is 19.1. The van der Waals surface area contributed by atoms with Gasteiger partial charge in [0.15, 0.2) is 17.4 Å². The number of anilines is 1. The predicted molar refractivity (Wildman–Crippen MR) is 75.7 cm³/mol. The van der Waals surface area contributed by atoms with Crippen LogP contribution >= 0.6 is 0 Å². The number of nitrogens with zero attached hydrogens (tertiary/aromatic N) is 3. The van der Waals surface area contributed by atoms with Crippen molar-refractivity contribution in [3.63, 3.8) is 0 Å². The molecule has 0 saturated heterocycles. The largest absolute Gasteiger partial charge is 0.491 e. The second kappa shape index (κ2) is 5.90. The lowest BCUT2D eigenvalue weighted by molar-refractivity contribution is 0.321. The van der Waals surface area contributed by atoms with Crippen molar-refractivity contribution in [3.05, 3.63) is 29.6 Å². The van der Waals surface area contributed by atoms with Gasteiger partial charge >= 0.3 is 0 Å². The number of nitrogens with two attached hydrogens (primary N) is 1. The van der Waals surface area contributed by atoms with Crippen molar-refractivity contribution in [1.82, 2.24) is 14.8 Å². The summed E-state index contributed by atoms with van der Waals surface area (Å²) in [5.41, 5.74) is 6.82. The molecule has 108 valence electrons. The lowest BCUT2D eigenvalue weighted by Crippen LogP contribution is -2.07. The number of aromatic nitrogens is 3. The lowest BCUT2D eigenvalue weighted by atomic mass is 10.2. The van der Waals surface area contributed by atoms with Crippen molar-refractivity contribution in [2.45, 2.75) is 33.6 Å². The van der Waals surface area contributed by atoms with E-state index in [1.165, 1.54) is 6.07 Å². The zero-order chi connectivity index (χ0) is 14.7. The summed E-state index contributed by atoms with van der Waals surface area (Å²) in [6, 6.07) is 2.83. The molecule has 2 aromatic rings. The summed E-state index contributed by atoms with van der Waals surface area (Å²) in [4.78, 5) is 4.42. The second-order valence-electron chi connectivity index (χ2n) is 4.34. The minimum absolute atomic E-state index is 0.173. The Morgan fingerprint density at radius 1 is 1.25 bits per heavy atom. The van der Waals surface area contributed by atoms with Gasteiger partial charge in [-0.05, 0) is 6.92 Å². The van der Waals surface area contributed by atoms with Crippen molar-refractivity contribution in [2.75, 3.05) is 12.3 Å². The first kappa shape index (κ1) is 14.3. The second-order valence-corrected chi connectivity index (χ2v) is 4.34. The van der Waals surface area contributed by atoms with E-state index in [1.54, 1.807) is 17.7 Å². The van der Waals surface area contributed by atoms with Gasteiger partial charge in [0, 0.05) is 25.0 Å². The zero-order valence-electron chi connectivity index (χ0n) is 12.0. The van der Waals surface area contributed by atoms with Crippen LogP contribution in [0.3, 0.4) is 0 Å². The fourth-order valence-electron chi connectivity index (χ4n) is 1.97. The number of halogens is 1. The molecular formula is C14H19FN4O. The molecule has 2 N–H and O–H groups in total. The van der Waals surface area contributed by atoms with E-state index in [0.717, 1.165) is 18.1 Å². The topological polar surface area (TPSA) is 66.0 Å². The predicted octanol–water partition coefficient (Wildman–Crippen LogP) is 2.51. The number of ether oxygens (including phenoxy) is 1. The van der Waals surface area contributed by atoms with Crippen molar-refractivity contribution in [2.24, 2.45) is 0 Å². The molecule has 0 fully saturated rings. The van der Waals surface area contributed by atoms with Gasteiger partial charge < -0.3 is 10.5 Å². The van der Waals surface area contributed by atoms with E-state index in [-0.39, 0.29) is 5.75 Å². The van der Waals surface area contributed by atoms with E-state index in [4.69, 9.17) is 10.5 Å². The zero-order valence-corrected chi connectivity index (χ0v) is 12.0. The summed E-state index contributed by atoms with van der Waals surface area (Å²) in [5.74, 6) is 1.24. The summed E-state index contributed by atoms with van der Waals surface area (Å²) in [5, 5.41) is 4.41. The molecule has 0 bridgehead atoms. The van der Waals surface area contributed by atoms with E-state index in [2.05, 4.69) is 10.1 Å². The normalized spacial score (nSPS) is 10.8. The van der Waals surface area contributed by atoms with Gasteiger partial charge in [0.05, 0.1) is 18.0 Å². The Morgan fingerprint density at radius 2 is 2.00 bits per heavy atom. The highest BCUT2D eigenvalue weighted by Crippen LogP contribution is 2.27. The van der Waals surface area contributed by atoms with Crippen LogP contribution in [0.15, 0.2) is 12.1 Å². The van der Waals surface area contributed by atoms with Crippen molar-refractivity contribution >= 4 is 5.69 Å². The molecule has 1 heterocycles. The maximum absolute atomic E-state index is 13.7. The molecule has 2 rings (SSSR count). The summed E-state index contributed by atoms with van der Waals surface area (Å²) >= 11 is 0. The van der Waals surface area contributed by atoms with Crippen LogP contribution in [0.4, 0.5) is 10.1 Å². The van der Waals surface area contributed by atoms with Crippen LogP contribution < -0.4 is 10.5 Å². The third-order valence-corrected chi connectivity index (χ3v) is 2.96. The summed E-state index contributed by atoms with van der Waals surface area (Å²) in [6.45, 7) is 6.16. The molecule has 0 aliphatic carbocycles. The van der Waals surface area contributed by atoms with Gasteiger partial charge in [0.25, 0.3) is 0 Å². The number of aryl methyl sites for hydroxylation is 2. The fraction of sp³-hybridized carbons (Fsp3) is 0.429. The number of nitrogen functional groups attached to an aromatic ring is 1. The number of rotatable bonds is 5. The van der Waals surface area contributed by atoms with Crippen LogP contribution in [0.2, 0.25) is 0 Å². The first-order valence-corrected chi connectivity index (χ1v) is 6.77. The molecule has 0 aliphatic heterocycles. The van der Waals surface area contributed by atoms with E-state index in [9.17, 15) is 4.39 Å². The van der Waals surface area contributed by atoms with Gasteiger partial charge in [0.2, 0.25) is 0 Å². The van der Waals surface area contributed by atoms with Crippen LogP contribution in [-0.4, -0.2) is 21.4 Å². The minimum Gasteiger partial charge on any atom is -0.491 e. The number of hydrogen-bond donors (Lipinski definition) is 1. The summed E-state index contributed by atoms with van der Waals surface area (Å²) < 4.78 is 20.7. The maximum Gasteiger partial charge on any atom is 0.167 e. The fourth-order valence-corrected chi connectivity index (χ4v) is 1.97. The van der Waals surface area contributed by atoms with Gasteiger partial charge in [-0.25, -0.2) is 14.1 Å². The molecule has 0 aliphatic rings. The van der Waals surface area contributed by atoms with Crippen LogP contribution in [0.25, 0.3) is 5.69 Å². The molecule has 0 radical (unpaired) electrons. The maximum atomic E-state index is 13.7. The Hall–Kier alpha value is -2.11. The third-order valence-electron chi connectivity index (χ3n) is 2.96. The summed E-state index contributed by atoms with van der Waals surface area (Å²) in [6.07, 6.45) is 1.45. The van der Waals surface area contributed by atoms with E-state index < -0.39 is 5.82 Å². The molecule has 0 amide bonds. The average Bonchev–Trinajstić information content (AvgIpc) is 2.85. The molecule has 6 heteroatoms. The van der Waals surface area contributed by atoms with E-state index in [0.29, 0.717) is 24.4 Å². The first-order valence-electron chi connectivity index (χ1n) is 6.77. The van der Waals surface area contributed by atoms with Gasteiger partial charge in [-0.15, -0.1) is 0 Å². The van der Waals surface area contributed by atoms with E-state index >= 15 is 0 Å². The number of hydrogen-bond acceptors (Lipinski definition) is 4. The molecular weight excluding hydrogens is 259 g/mol. The summed E-state index contributed by atoms with van der Waals surface area (Å²) in [7, 11) is 0. The van der Waals surface area contributed by atoms with Gasteiger partial charge in [-0.1, -0.05) is 13.8 Å². The van der Waals surface area contributed by atoms with Gasteiger partial charge in [-0.2, -0.15) is 5.10 Å². The standard InChI is InChI=1S/C14H19FN4O/c1-4-13-17-14(5-2)19(18-13)11-8-12(20-6-3)9(15)7-10(11)16/h7-8H,4-6,16H2,1-3H3. The molecule has 0 unspecified atom stereocenters. The molecule has 0 spiro atoms. The first-order chi connectivity index (χ1) is 9.60. The van der Waals surface area contributed by atoms with Crippen molar-refractivity contribution in [1.29, 1.82) is 0 Å². The monoisotopic (exact) mass is 278 g/mol. The Bertz CT molecular complexity index is 609. The van der Waals surface area contributed by atoms with Crippen molar-refractivity contribution in [3.8, 4) is 11.4 Å². The van der Waals surface area contributed by atoms with Crippen molar-refractivity contribution < 1.29 is 9.13 Å². The van der Waals surface area contributed by atoms with Gasteiger partial charge in [0.1, 0.15) is 5.82 Å². The molecule has 0 atom stereocenters. The smallest absolute Gasteiger partial charge is 0.167 e. The molecule has 1 aromatic carbocycles. The Labute approximate surface area is 117 Å². The average molecular weight is 278 g/mol. The minimum atomic E-state index is -0.470. The molecule has 5 nitrogen and oxygen atoms in total. The highest BCUT2D eigenvalue weighted by molar-refractivity contribution is 5.61. The Balaban J connectivity index is 2.56. The van der Waals surface area contributed by atoms with Crippen LogP contribution in [0, 0.1) is 5.82 Å². The molecule has 0 saturated carbocycles.